The molecule has 9 nitrogen and oxygen atoms in total. The molecule has 0 aliphatic carbocycles. The number of aryl methyl sites for hydroxylation is 1. The molecule has 0 saturated carbocycles. The van der Waals surface area contributed by atoms with Crippen molar-refractivity contribution in [3.63, 3.8) is 0 Å². The summed E-state index contributed by atoms with van der Waals surface area (Å²) in [7, 11) is 0. The van der Waals surface area contributed by atoms with E-state index in [1.807, 2.05) is 31.2 Å². The fourth-order valence-corrected chi connectivity index (χ4v) is 5.35. The molecule has 2 amide bonds. The van der Waals surface area contributed by atoms with E-state index in [9.17, 15) is 22.8 Å². The van der Waals surface area contributed by atoms with Crippen molar-refractivity contribution in [2.75, 3.05) is 5.32 Å². The van der Waals surface area contributed by atoms with Crippen LogP contribution in [0.4, 0.5) is 18.9 Å². The number of anilines is 1. The number of thiophene rings is 1. The molecule has 3 N–H and O–H groups in total. The number of rotatable bonds is 5. The molecule has 0 saturated heterocycles. The van der Waals surface area contributed by atoms with E-state index < -0.39 is 23.7 Å². The number of nitrogens with two attached hydrogens (primary N) is 1. The SMILES string of the molecule is Cc1ccc(-c2ccnc3c(C(=O)Nc4c(C(N)=O)sc5nc(C(F)(F)F)cc(-c6ccco6)c45)cnn23)cc1. The number of amides is 2. The fraction of sp³-hybridized carbons (Fsp3) is 0.0741. The molecule has 5 heterocycles. The molecule has 0 aliphatic heterocycles. The number of halogens is 3. The summed E-state index contributed by atoms with van der Waals surface area (Å²) in [5, 5.41) is 7.07. The normalized spacial score (nSPS) is 11.8. The van der Waals surface area contributed by atoms with E-state index in [-0.39, 0.29) is 43.3 Å². The van der Waals surface area contributed by atoms with Crippen LogP contribution in [0.5, 0.6) is 0 Å². The maximum atomic E-state index is 13.7. The standard InChI is InChI=1S/C27H17F3N6O3S/c1-13-4-6-14(7-5-13)17-8-9-32-24-16(12-33-36(17)24)25(38)35-21-20-15(18-3-2-10-39-18)11-19(27(28,29)30)34-26(20)40-22(21)23(31)37/h2-12H,1H3,(H2,31,37)(H,35,38). The summed E-state index contributed by atoms with van der Waals surface area (Å²) in [4.78, 5) is 33.6. The Morgan fingerprint density at radius 1 is 1.12 bits per heavy atom. The van der Waals surface area contributed by atoms with Crippen LogP contribution in [0.3, 0.4) is 0 Å². The van der Waals surface area contributed by atoms with Gasteiger partial charge in [0, 0.05) is 22.7 Å². The summed E-state index contributed by atoms with van der Waals surface area (Å²) in [5.41, 5.74) is 7.21. The highest BCUT2D eigenvalue weighted by atomic mass is 32.1. The number of pyridine rings is 1. The molecule has 0 spiro atoms. The third-order valence-electron chi connectivity index (χ3n) is 6.19. The van der Waals surface area contributed by atoms with Crippen LogP contribution in [0.2, 0.25) is 0 Å². The van der Waals surface area contributed by atoms with Gasteiger partial charge in [-0.1, -0.05) is 29.8 Å². The number of benzene rings is 1. The quantitative estimate of drug-likeness (QED) is 0.267. The highest BCUT2D eigenvalue weighted by Gasteiger charge is 2.35. The van der Waals surface area contributed by atoms with E-state index >= 15 is 0 Å². The van der Waals surface area contributed by atoms with Crippen molar-refractivity contribution >= 4 is 44.7 Å². The number of nitrogens with zero attached hydrogens (tertiary/aromatic N) is 4. The van der Waals surface area contributed by atoms with Crippen LogP contribution >= 0.6 is 11.3 Å². The summed E-state index contributed by atoms with van der Waals surface area (Å²) in [6.45, 7) is 1.97. The second-order valence-electron chi connectivity index (χ2n) is 8.82. The molecule has 6 rings (SSSR count). The molecular weight excluding hydrogens is 545 g/mol. The zero-order valence-corrected chi connectivity index (χ0v) is 21.3. The van der Waals surface area contributed by atoms with Gasteiger partial charge < -0.3 is 15.5 Å². The number of primary amides is 1. The first-order valence-corrected chi connectivity index (χ1v) is 12.5. The monoisotopic (exact) mass is 562 g/mol. The van der Waals surface area contributed by atoms with Crippen LogP contribution < -0.4 is 11.1 Å². The first kappa shape index (κ1) is 25.2. The van der Waals surface area contributed by atoms with Gasteiger partial charge in [0.2, 0.25) is 0 Å². The van der Waals surface area contributed by atoms with Gasteiger partial charge in [0.15, 0.2) is 5.65 Å². The van der Waals surface area contributed by atoms with Gasteiger partial charge in [-0.2, -0.15) is 18.3 Å². The van der Waals surface area contributed by atoms with Crippen molar-refractivity contribution < 1.29 is 27.2 Å². The number of aromatic nitrogens is 4. The van der Waals surface area contributed by atoms with E-state index in [0.717, 1.165) is 17.2 Å². The van der Waals surface area contributed by atoms with Gasteiger partial charge in [0.1, 0.15) is 26.7 Å². The zero-order chi connectivity index (χ0) is 28.2. The fourth-order valence-electron chi connectivity index (χ4n) is 4.34. The minimum Gasteiger partial charge on any atom is -0.464 e. The van der Waals surface area contributed by atoms with Crippen molar-refractivity contribution in [3.05, 3.63) is 88.9 Å². The highest BCUT2D eigenvalue weighted by Crippen LogP contribution is 2.44. The molecule has 1 aromatic carbocycles. The van der Waals surface area contributed by atoms with Gasteiger partial charge in [-0.05, 0) is 31.2 Å². The Labute approximate surface area is 227 Å². The molecule has 40 heavy (non-hydrogen) atoms. The van der Waals surface area contributed by atoms with Crippen molar-refractivity contribution in [1.29, 1.82) is 0 Å². The average Bonchev–Trinajstić information content (AvgIpc) is 3.67. The maximum absolute atomic E-state index is 13.7. The van der Waals surface area contributed by atoms with Gasteiger partial charge in [-0.25, -0.2) is 14.5 Å². The van der Waals surface area contributed by atoms with E-state index in [2.05, 4.69) is 20.4 Å². The zero-order valence-electron chi connectivity index (χ0n) is 20.5. The molecule has 5 aromatic heterocycles. The summed E-state index contributed by atoms with van der Waals surface area (Å²) in [5.74, 6) is -1.56. The first-order valence-electron chi connectivity index (χ1n) is 11.7. The molecule has 0 atom stereocenters. The van der Waals surface area contributed by atoms with E-state index in [1.54, 1.807) is 6.07 Å². The van der Waals surface area contributed by atoms with Gasteiger partial charge in [0.25, 0.3) is 11.8 Å². The average molecular weight is 563 g/mol. The molecule has 13 heteroatoms. The summed E-state index contributed by atoms with van der Waals surface area (Å²) in [6, 6.07) is 13.2. The molecule has 0 radical (unpaired) electrons. The molecular formula is C27H17F3N6O3S. The first-order chi connectivity index (χ1) is 19.1. The van der Waals surface area contributed by atoms with E-state index in [0.29, 0.717) is 17.0 Å². The predicted octanol–water partition coefficient (Wildman–Crippen LogP) is 5.94. The minimum atomic E-state index is -4.77. The van der Waals surface area contributed by atoms with Crippen LogP contribution in [0.25, 0.3) is 38.4 Å². The number of carbonyl (C=O) groups is 2. The highest BCUT2D eigenvalue weighted by molar-refractivity contribution is 7.21. The van der Waals surface area contributed by atoms with E-state index in [4.69, 9.17) is 10.2 Å². The van der Waals surface area contributed by atoms with Gasteiger partial charge in [-0.3, -0.25) is 9.59 Å². The van der Waals surface area contributed by atoms with Crippen LogP contribution in [0, 0.1) is 6.92 Å². The van der Waals surface area contributed by atoms with Gasteiger partial charge >= 0.3 is 6.18 Å². The van der Waals surface area contributed by atoms with Crippen LogP contribution in [0.1, 0.15) is 31.3 Å². The Kier molecular flexibility index (Phi) is 5.88. The number of fused-ring (bicyclic) bond motifs is 2. The second-order valence-corrected chi connectivity index (χ2v) is 9.82. The lowest BCUT2D eigenvalue weighted by Gasteiger charge is -2.11. The molecule has 0 fully saturated rings. The number of carbonyl (C=O) groups excluding carboxylic acids is 2. The summed E-state index contributed by atoms with van der Waals surface area (Å²) < 4.78 is 47.9. The third-order valence-corrected chi connectivity index (χ3v) is 7.29. The largest absolute Gasteiger partial charge is 0.464 e. The Bertz CT molecular complexity index is 1930. The predicted molar refractivity (Wildman–Crippen MR) is 142 cm³/mol. The topological polar surface area (TPSA) is 128 Å². The van der Waals surface area contributed by atoms with Gasteiger partial charge in [-0.15, -0.1) is 11.3 Å². The number of hydrogen-bond donors (Lipinski definition) is 2. The smallest absolute Gasteiger partial charge is 0.433 e. The number of alkyl halides is 3. The van der Waals surface area contributed by atoms with Crippen molar-refractivity contribution in [2.45, 2.75) is 13.1 Å². The molecule has 6 aromatic rings. The van der Waals surface area contributed by atoms with Crippen LogP contribution in [0.15, 0.2) is 71.6 Å². The Morgan fingerprint density at radius 2 is 1.90 bits per heavy atom. The molecule has 200 valence electrons. The molecule has 0 unspecified atom stereocenters. The van der Waals surface area contributed by atoms with Crippen molar-refractivity contribution in [3.8, 4) is 22.6 Å². The Hall–Kier alpha value is -5.04. The summed E-state index contributed by atoms with van der Waals surface area (Å²) in [6.07, 6.45) is -0.616. The minimum absolute atomic E-state index is 0.0129. The van der Waals surface area contributed by atoms with Crippen molar-refractivity contribution in [1.82, 2.24) is 19.6 Å². The number of hydrogen-bond acceptors (Lipinski definition) is 7. The maximum Gasteiger partial charge on any atom is 0.433 e. The Morgan fingerprint density at radius 3 is 2.58 bits per heavy atom. The van der Waals surface area contributed by atoms with E-state index in [1.165, 1.54) is 35.3 Å². The van der Waals surface area contributed by atoms with Crippen LogP contribution in [-0.2, 0) is 6.18 Å². The lowest BCUT2D eigenvalue weighted by atomic mass is 10.1. The Balaban J connectivity index is 1.49. The van der Waals surface area contributed by atoms with Gasteiger partial charge in [0.05, 0.1) is 23.8 Å². The van der Waals surface area contributed by atoms with Crippen molar-refractivity contribution in [2.24, 2.45) is 5.73 Å². The third kappa shape index (κ3) is 4.25. The lowest BCUT2D eigenvalue weighted by molar-refractivity contribution is -0.140. The molecule has 0 aliphatic rings. The lowest BCUT2D eigenvalue weighted by Crippen LogP contribution is -2.17. The number of nitrogens with one attached hydrogen (secondary N) is 1. The number of furan rings is 1. The van der Waals surface area contributed by atoms with Crippen LogP contribution in [-0.4, -0.2) is 31.4 Å². The molecule has 0 bridgehead atoms. The second kappa shape index (κ2) is 9.31. The summed E-state index contributed by atoms with van der Waals surface area (Å²) >= 11 is 0.639.